The number of nitrogens with zero attached hydrogens (tertiary/aromatic N) is 2. The first-order chi connectivity index (χ1) is 15.4. The maximum atomic E-state index is 13.6. The predicted molar refractivity (Wildman–Crippen MR) is 128 cm³/mol. The molecule has 1 aliphatic heterocycles. The summed E-state index contributed by atoms with van der Waals surface area (Å²) < 4.78 is 5.74. The molecular weight excluding hydrogens is 400 g/mol. The standard InChI is InChI=1S/C27H26N2O3/c1-18(2)32-23-16-12-20(13-17-23)24-25(28(4)21-8-6-5-7-9-21)27(31)29(26(24)30)22-14-10-19(3)11-15-22/h5-18H,1-4H3. The molecule has 0 fully saturated rings. The van der Waals surface area contributed by atoms with Crippen LogP contribution in [0.3, 0.4) is 0 Å². The molecule has 0 aromatic heterocycles. The number of aryl methyl sites for hydroxylation is 1. The lowest BCUT2D eigenvalue weighted by Crippen LogP contribution is -2.34. The first kappa shape index (κ1) is 21.4. The van der Waals surface area contributed by atoms with Crippen LogP contribution in [0.5, 0.6) is 5.75 Å². The van der Waals surface area contributed by atoms with Crippen LogP contribution in [0.4, 0.5) is 11.4 Å². The van der Waals surface area contributed by atoms with Crippen LogP contribution in [-0.2, 0) is 9.59 Å². The van der Waals surface area contributed by atoms with Crippen molar-refractivity contribution in [3.8, 4) is 5.75 Å². The molecule has 3 aromatic rings. The first-order valence-corrected chi connectivity index (χ1v) is 10.6. The van der Waals surface area contributed by atoms with Gasteiger partial charge in [-0.2, -0.15) is 0 Å². The summed E-state index contributed by atoms with van der Waals surface area (Å²) in [5.74, 6) is 0.0337. The van der Waals surface area contributed by atoms with E-state index in [-0.39, 0.29) is 17.9 Å². The maximum absolute atomic E-state index is 13.6. The van der Waals surface area contributed by atoms with Gasteiger partial charge in [-0.3, -0.25) is 9.59 Å². The number of hydrogen-bond acceptors (Lipinski definition) is 4. The monoisotopic (exact) mass is 426 g/mol. The van der Waals surface area contributed by atoms with Gasteiger partial charge in [-0.1, -0.05) is 48.0 Å². The average molecular weight is 427 g/mol. The van der Waals surface area contributed by atoms with E-state index in [1.54, 1.807) is 17.0 Å². The van der Waals surface area contributed by atoms with Crippen LogP contribution in [0.25, 0.3) is 5.57 Å². The third-order valence-electron chi connectivity index (χ3n) is 5.35. The molecule has 0 saturated carbocycles. The van der Waals surface area contributed by atoms with E-state index in [4.69, 9.17) is 4.74 Å². The molecular formula is C27H26N2O3. The van der Waals surface area contributed by atoms with E-state index in [0.717, 1.165) is 17.0 Å². The highest BCUT2D eigenvalue weighted by Crippen LogP contribution is 2.36. The predicted octanol–water partition coefficient (Wildman–Crippen LogP) is 5.20. The molecule has 4 rings (SSSR count). The van der Waals surface area contributed by atoms with Gasteiger partial charge in [0.25, 0.3) is 11.8 Å². The summed E-state index contributed by atoms with van der Waals surface area (Å²) in [7, 11) is 1.81. The SMILES string of the molecule is Cc1ccc(N2C(=O)C(c3ccc(OC(C)C)cc3)=C(N(C)c3ccccc3)C2=O)cc1. The summed E-state index contributed by atoms with van der Waals surface area (Å²) in [6.45, 7) is 5.89. The Morgan fingerprint density at radius 2 is 1.44 bits per heavy atom. The third kappa shape index (κ3) is 4.02. The van der Waals surface area contributed by atoms with E-state index < -0.39 is 0 Å². The van der Waals surface area contributed by atoms with Crippen molar-refractivity contribution in [3.63, 3.8) is 0 Å². The number of benzene rings is 3. The van der Waals surface area contributed by atoms with Crippen LogP contribution in [0.1, 0.15) is 25.0 Å². The van der Waals surface area contributed by atoms with Crippen LogP contribution in [0, 0.1) is 6.92 Å². The first-order valence-electron chi connectivity index (χ1n) is 10.6. The minimum atomic E-state index is -0.345. The molecule has 32 heavy (non-hydrogen) atoms. The number of para-hydroxylation sites is 1. The number of imide groups is 1. The van der Waals surface area contributed by atoms with Gasteiger partial charge < -0.3 is 9.64 Å². The number of likely N-dealkylation sites (N-methyl/N-ethyl adjacent to an activating group) is 1. The zero-order valence-electron chi connectivity index (χ0n) is 18.7. The highest BCUT2D eigenvalue weighted by Gasteiger charge is 2.42. The van der Waals surface area contributed by atoms with Gasteiger partial charge in [-0.25, -0.2) is 4.90 Å². The van der Waals surface area contributed by atoms with Gasteiger partial charge in [0.1, 0.15) is 11.4 Å². The molecule has 0 unspecified atom stereocenters. The molecule has 0 saturated heterocycles. The van der Waals surface area contributed by atoms with Crippen molar-refractivity contribution in [2.24, 2.45) is 0 Å². The van der Waals surface area contributed by atoms with E-state index >= 15 is 0 Å². The number of hydrogen-bond donors (Lipinski definition) is 0. The number of rotatable bonds is 6. The quantitative estimate of drug-likeness (QED) is 0.508. The number of carbonyl (C=O) groups is 2. The second kappa shape index (κ2) is 8.71. The maximum Gasteiger partial charge on any atom is 0.282 e. The topological polar surface area (TPSA) is 49.9 Å². The van der Waals surface area contributed by atoms with Gasteiger partial charge >= 0.3 is 0 Å². The van der Waals surface area contributed by atoms with Gasteiger partial charge in [-0.05, 0) is 62.7 Å². The van der Waals surface area contributed by atoms with Crippen molar-refractivity contribution in [2.45, 2.75) is 26.9 Å². The summed E-state index contributed by atoms with van der Waals surface area (Å²) in [5, 5.41) is 0. The van der Waals surface area contributed by atoms with Gasteiger partial charge in [0.15, 0.2) is 0 Å². The molecule has 0 N–H and O–H groups in total. The third-order valence-corrected chi connectivity index (χ3v) is 5.35. The van der Waals surface area contributed by atoms with Crippen molar-refractivity contribution < 1.29 is 14.3 Å². The lowest BCUT2D eigenvalue weighted by molar-refractivity contribution is -0.120. The van der Waals surface area contributed by atoms with Crippen molar-refractivity contribution in [1.82, 2.24) is 0 Å². The molecule has 1 aliphatic rings. The summed E-state index contributed by atoms with van der Waals surface area (Å²) in [6.07, 6.45) is 0.0477. The Morgan fingerprint density at radius 3 is 2.03 bits per heavy atom. The summed E-state index contributed by atoms with van der Waals surface area (Å²) in [6, 6.07) is 24.3. The Kier molecular flexibility index (Phi) is 5.82. The molecule has 2 amide bonds. The van der Waals surface area contributed by atoms with E-state index in [2.05, 4.69) is 0 Å². The van der Waals surface area contributed by atoms with Gasteiger partial charge in [0.05, 0.1) is 17.4 Å². The molecule has 3 aromatic carbocycles. The molecule has 1 heterocycles. The second-order valence-electron chi connectivity index (χ2n) is 8.09. The molecule has 162 valence electrons. The van der Waals surface area contributed by atoms with E-state index in [9.17, 15) is 9.59 Å². The Balaban J connectivity index is 1.82. The minimum Gasteiger partial charge on any atom is -0.491 e. The lowest BCUT2D eigenvalue weighted by atomic mass is 10.0. The average Bonchev–Trinajstić information content (AvgIpc) is 3.05. The van der Waals surface area contributed by atoms with Crippen molar-refractivity contribution >= 4 is 28.8 Å². The highest BCUT2D eigenvalue weighted by atomic mass is 16.5. The van der Waals surface area contributed by atoms with Crippen molar-refractivity contribution in [1.29, 1.82) is 0 Å². The van der Waals surface area contributed by atoms with Crippen LogP contribution in [-0.4, -0.2) is 25.0 Å². The van der Waals surface area contributed by atoms with Crippen LogP contribution >= 0.6 is 0 Å². The Morgan fingerprint density at radius 1 is 0.812 bits per heavy atom. The molecule has 0 spiro atoms. The summed E-state index contributed by atoms with van der Waals surface area (Å²) in [5.41, 5.74) is 3.83. The zero-order chi connectivity index (χ0) is 22.8. The van der Waals surface area contributed by atoms with E-state index in [1.165, 1.54) is 4.90 Å². The molecule has 5 nitrogen and oxygen atoms in total. The Hall–Kier alpha value is -3.86. The fraction of sp³-hybridized carbons (Fsp3) is 0.185. The number of ether oxygens (including phenoxy) is 1. The molecule has 0 atom stereocenters. The molecule has 0 bridgehead atoms. The number of amides is 2. The smallest absolute Gasteiger partial charge is 0.282 e. The van der Waals surface area contributed by atoms with Crippen LogP contribution in [0.15, 0.2) is 84.6 Å². The number of carbonyl (C=O) groups excluding carboxylic acids is 2. The van der Waals surface area contributed by atoms with Crippen LogP contribution in [0.2, 0.25) is 0 Å². The largest absolute Gasteiger partial charge is 0.491 e. The normalized spacial score (nSPS) is 13.8. The van der Waals surface area contributed by atoms with Crippen molar-refractivity contribution in [2.75, 3.05) is 16.8 Å². The fourth-order valence-electron chi connectivity index (χ4n) is 3.77. The van der Waals surface area contributed by atoms with Crippen molar-refractivity contribution in [3.05, 3.63) is 95.7 Å². The number of anilines is 2. The highest BCUT2D eigenvalue weighted by molar-refractivity contribution is 6.46. The zero-order valence-corrected chi connectivity index (χ0v) is 18.7. The fourth-order valence-corrected chi connectivity index (χ4v) is 3.77. The van der Waals surface area contributed by atoms with E-state index in [1.807, 2.05) is 94.5 Å². The molecule has 5 heteroatoms. The summed E-state index contributed by atoms with van der Waals surface area (Å²) in [4.78, 5) is 30.2. The van der Waals surface area contributed by atoms with Crippen LogP contribution < -0.4 is 14.5 Å². The minimum absolute atomic E-state index is 0.0477. The molecule has 0 aliphatic carbocycles. The van der Waals surface area contributed by atoms with Gasteiger partial charge in [0.2, 0.25) is 0 Å². The Bertz CT molecular complexity index is 1160. The van der Waals surface area contributed by atoms with E-state index in [0.29, 0.717) is 22.5 Å². The van der Waals surface area contributed by atoms with Gasteiger partial charge in [-0.15, -0.1) is 0 Å². The second-order valence-corrected chi connectivity index (χ2v) is 8.09. The summed E-state index contributed by atoms with van der Waals surface area (Å²) >= 11 is 0. The lowest BCUT2D eigenvalue weighted by Gasteiger charge is -2.21. The Labute approximate surface area is 188 Å². The van der Waals surface area contributed by atoms with Gasteiger partial charge in [0, 0.05) is 12.7 Å². The molecule has 0 radical (unpaired) electrons.